The normalized spacial score (nSPS) is 18.9. The van der Waals surface area contributed by atoms with E-state index in [4.69, 9.17) is 32.9 Å². The van der Waals surface area contributed by atoms with E-state index in [2.05, 4.69) is 64.5 Å². The minimum absolute atomic E-state index is 0.0689. The Hall–Kier alpha value is -3.47. The van der Waals surface area contributed by atoms with Crippen LogP contribution < -0.4 is 10.1 Å². The monoisotopic (exact) mass is 595 g/mol. The molecule has 0 unspecified atom stereocenters. The zero-order valence-electron chi connectivity index (χ0n) is 23.8. The average molecular weight is 597 g/mol. The van der Waals surface area contributed by atoms with Crippen LogP contribution in [0.4, 0.5) is 5.69 Å². The van der Waals surface area contributed by atoms with E-state index in [0.717, 1.165) is 52.7 Å². The number of ether oxygens (including phenoxy) is 1. The Labute approximate surface area is 257 Å². The van der Waals surface area contributed by atoms with Crippen LogP contribution in [0.15, 0.2) is 91.0 Å². The molecule has 0 atom stereocenters. The molecule has 0 spiro atoms. The molecule has 1 heterocycles. The molecular formula is C36H35Cl2N3O. The van der Waals surface area contributed by atoms with E-state index in [1.807, 2.05) is 36.4 Å². The third-order valence-corrected chi connectivity index (χ3v) is 9.43. The molecule has 2 saturated carbocycles. The minimum Gasteiger partial charge on any atom is -0.497 e. The largest absolute Gasteiger partial charge is 0.497 e. The number of hydrogen-bond acceptors (Lipinski definition) is 3. The van der Waals surface area contributed by atoms with Crippen molar-refractivity contribution < 1.29 is 4.74 Å². The molecule has 0 aliphatic heterocycles. The Morgan fingerprint density at radius 1 is 0.762 bits per heavy atom. The summed E-state index contributed by atoms with van der Waals surface area (Å²) in [6, 6.07) is 32.5. The van der Waals surface area contributed by atoms with Gasteiger partial charge in [-0.2, -0.15) is 0 Å². The molecule has 0 bridgehead atoms. The number of fused-ring (bicyclic) bond motifs is 1. The summed E-state index contributed by atoms with van der Waals surface area (Å²) >= 11 is 12.6. The molecule has 2 fully saturated rings. The number of halogens is 2. The van der Waals surface area contributed by atoms with Crippen LogP contribution in [-0.4, -0.2) is 22.7 Å². The molecule has 7 rings (SSSR count). The first kappa shape index (κ1) is 27.4. The fraction of sp³-hybridized carbons (Fsp3) is 0.306. The average Bonchev–Trinajstić information content (AvgIpc) is 3.80. The highest BCUT2D eigenvalue weighted by molar-refractivity contribution is 6.30. The molecule has 2 aliphatic carbocycles. The van der Waals surface area contributed by atoms with Crippen molar-refractivity contribution >= 4 is 39.9 Å². The Bertz CT molecular complexity index is 1640. The van der Waals surface area contributed by atoms with E-state index in [-0.39, 0.29) is 5.92 Å². The van der Waals surface area contributed by atoms with Crippen molar-refractivity contribution in [1.82, 2.24) is 9.55 Å². The van der Waals surface area contributed by atoms with Crippen LogP contribution in [-0.2, 0) is 0 Å². The SMILES string of the molecule is COc1cccc(NC2CCC(n3c(C4CC4)nc4ccc(C(c5ccc(Cl)cc5)c5ccc(Cl)cc5)cc43)CC2)c1. The number of anilines is 1. The maximum atomic E-state index is 6.28. The van der Waals surface area contributed by atoms with Crippen molar-refractivity contribution in [3.63, 3.8) is 0 Å². The highest BCUT2D eigenvalue weighted by Crippen LogP contribution is 2.45. The quantitative estimate of drug-likeness (QED) is 0.181. The smallest absolute Gasteiger partial charge is 0.120 e. The van der Waals surface area contributed by atoms with Gasteiger partial charge in [-0.3, -0.25) is 0 Å². The van der Waals surface area contributed by atoms with Crippen LogP contribution in [0.25, 0.3) is 11.0 Å². The number of hydrogen-bond donors (Lipinski definition) is 1. The number of nitrogens with one attached hydrogen (secondary N) is 1. The van der Waals surface area contributed by atoms with Gasteiger partial charge in [0.05, 0.1) is 18.1 Å². The first-order valence-electron chi connectivity index (χ1n) is 15.0. The predicted molar refractivity (Wildman–Crippen MR) is 173 cm³/mol. The Balaban J connectivity index is 1.22. The lowest BCUT2D eigenvalue weighted by Crippen LogP contribution is -2.28. The van der Waals surface area contributed by atoms with Crippen LogP contribution in [0.2, 0.25) is 10.0 Å². The van der Waals surface area contributed by atoms with Crippen LogP contribution in [0.1, 0.15) is 78.9 Å². The Kier molecular flexibility index (Phi) is 7.60. The van der Waals surface area contributed by atoms with E-state index < -0.39 is 0 Å². The molecule has 1 N–H and O–H groups in total. The molecular weight excluding hydrogens is 561 g/mol. The third kappa shape index (κ3) is 5.63. The highest BCUT2D eigenvalue weighted by atomic mass is 35.5. The summed E-state index contributed by atoms with van der Waals surface area (Å²) in [7, 11) is 1.72. The van der Waals surface area contributed by atoms with Gasteiger partial charge in [0.25, 0.3) is 0 Å². The summed E-state index contributed by atoms with van der Waals surface area (Å²) in [5.74, 6) is 2.82. The molecule has 0 saturated heterocycles. The van der Waals surface area contributed by atoms with E-state index in [9.17, 15) is 0 Å². The Morgan fingerprint density at radius 3 is 2.02 bits per heavy atom. The maximum Gasteiger partial charge on any atom is 0.120 e. The predicted octanol–water partition coefficient (Wildman–Crippen LogP) is 10.0. The fourth-order valence-electron chi connectivity index (χ4n) is 6.64. The third-order valence-electron chi connectivity index (χ3n) is 8.93. The van der Waals surface area contributed by atoms with Gasteiger partial charge in [0, 0.05) is 45.7 Å². The lowest BCUT2D eigenvalue weighted by atomic mass is 9.85. The molecule has 0 amide bonds. The number of methoxy groups -OCH3 is 1. The van der Waals surface area contributed by atoms with Gasteiger partial charge in [0.2, 0.25) is 0 Å². The van der Waals surface area contributed by atoms with E-state index in [0.29, 0.717) is 18.0 Å². The van der Waals surface area contributed by atoms with Crippen molar-refractivity contribution in [2.24, 2.45) is 0 Å². The second-order valence-electron chi connectivity index (χ2n) is 11.8. The summed E-state index contributed by atoms with van der Waals surface area (Å²) in [5, 5.41) is 5.24. The fourth-order valence-corrected chi connectivity index (χ4v) is 6.89. The van der Waals surface area contributed by atoms with Crippen LogP contribution >= 0.6 is 23.2 Å². The zero-order valence-corrected chi connectivity index (χ0v) is 25.3. The van der Waals surface area contributed by atoms with Gasteiger partial charge in [-0.15, -0.1) is 0 Å². The lowest BCUT2D eigenvalue weighted by Gasteiger charge is -2.32. The number of imidazole rings is 1. The van der Waals surface area contributed by atoms with E-state index in [1.54, 1.807) is 7.11 Å². The lowest BCUT2D eigenvalue weighted by molar-refractivity contribution is 0.333. The first-order valence-corrected chi connectivity index (χ1v) is 15.7. The molecule has 2 aliphatic rings. The zero-order chi connectivity index (χ0) is 28.6. The van der Waals surface area contributed by atoms with Crippen molar-refractivity contribution in [2.45, 2.75) is 62.4 Å². The summed E-state index contributed by atoms with van der Waals surface area (Å²) in [5.41, 5.74) is 7.15. The number of benzene rings is 4. The molecule has 5 aromatic rings. The van der Waals surface area contributed by atoms with Gasteiger partial charge >= 0.3 is 0 Å². The Morgan fingerprint density at radius 2 is 1.40 bits per heavy atom. The summed E-state index contributed by atoms with van der Waals surface area (Å²) in [4.78, 5) is 5.22. The maximum absolute atomic E-state index is 6.28. The topological polar surface area (TPSA) is 39.1 Å². The second kappa shape index (κ2) is 11.7. The molecule has 6 heteroatoms. The van der Waals surface area contributed by atoms with Crippen molar-refractivity contribution in [1.29, 1.82) is 0 Å². The van der Waals surface area contributed by atoms with Crippen molar-refractivity contribution in [3.8, 4) is 5.75 Å². The van der Waals surface area contributed by atoms with Crippen molar-refractivity contribution in [2.75, 3.05) is 12.4 Å². The molecule has 214 valence electrons. The second-order valence-corrected chi connectivity index (χ2v) is 12.7. The van der Waals surface area contributed by atoms with Gasteiger partial charge < -0.3 is 14.6 Å². The van der Waals surface area contributed by atoms with Crippen LogP contribution in [0.3, 0.4) is 0 Å². The molecule has 0 radical (unpaired) electrons. The van der Waals surface area contributed by atoms with Gasteiger partial charge in [-0.25, -0.2) is 4.98 Å². The molecule has 1 aromatic heterocycles. The van der Waals surface area contributed by atoms with Crippen LogP contribution in [0, 0.1) is 0 Å². The summed E-state index contributed by atoms with van der Waals surface area (Å²) < 4.78 is 8.03. The van der Waals surface area contributed by atoms with E-state index in [1.165, 1.54) is 40.9 Å². The van der Waals surface area contributed by atoms with Crippen molar-refractivity contribution in [3.05, 3.63) is 124 Å². The van der Waals surface area contributed by atoms with Gasteiger partial charge in [0.15, 0.2) is 0 Å². The summed E-state index contributed by atoms with van der Waals surface area (Å²) in [6.07, 6.45) is 7.00. The number of rotatable bonds is 8. The molecule has 4 nitrogen and oxygen atoms in total. The summed E-state index contributed by atoms with van der Waals surface area (Å²) in [6.45, 7) is 0. The van der Waals surface area contributed by atoms with Gasteiger partial charge in [-0.05, 0) is 104 Å². The van der Waals surface area contributed by atoms with E-state index >= 15 is 0 Å². The standard InChI is InChI=1S/C36H35Cl2N3O/c1-42-32-4-2-3-30(22-32)39-29-16-18-31(19-17-29)41-34-21-26(11-20-33(34)40-36(41)25-5-6-25)35(23-7-12-27(37)13-8-23)24-9-14-28(38)15-10-24/h2-4,7-15,20-22,25,29,31,35,39H,5-6,16-19H2,1H3. The van der Waals surface area contributed by atoms with Gasteiger partial charge in [0.1, 0.15) is 11.6 Å². The number of nitrogens with zero attached hydrogens (tertiary/aromatic N) is 2. The van der Waals surface area contributed by atoms with Gasteiger partial charge in [-0.1, -0.05) is 59.6 Å². The highest BCUT2D eigenvalue weighted by Gasteiger charge is 2.34. The molecule has 42 heavy (non-hydrogen) atoms. The number of aromatic nitrogens is 2. The molecule has 4 aromatic carbocycles. The first-order chi connectivity index (χ1) is 20.6. The minimum atomic E-state index is 0.0689. The van der Waals surface area contributed by atoms with Crippen LogP contribution in [0.5, 0.6) is 5.75 Å².